The highest BCUT2D eigenvalue weighted by Crippen LogP contribution is 2.32. The molecule has 1 saturated heterocycles. The van der Waals surface area contributed by atoms with Gasteiger partial charge in [0.25, 0.3) is 0 Å². The Morgan fingerprint density at radius 2 is 2.21 bits per heavy atom. The van der Waals surface area contributed by atoms with Crippen LogP contribution in [0, 0.1) is 17.0 Å². The molecule has 104 valence electrons. The zero-order valence-corrected chi connectivity index (χ0v) is 11.7. The van der Waals surface area contributed by atoms with Crippen molar-refractivity contribution in [3.8, 4) is 0 Å². The highest BCUT2D eigenvalue weighted by Gasteiger charge is 2.33. The van der Waals surface area contributed by atoms with Gasteiger partial charge < -0.3 is 9.64 Å². The fraction of sp³-hybridized carbons (Fsp3) is 0.636. The van der Waals surface area contributed by atoms with Gasteiger partial charge in [-0.1, -0.05) is 0 Å². The summed E-state index contributed by atoms with van der Waals surface area (Å²) in [5.41, 5.74) is 0.157. The van der Waals surface area contributed by atoms with Gasteiger partial charge >= 0.3 is 5.69 Å². The average molecular weight is 287 g/mol. The Labute approximate surface area is 115 Å². The van der Waals surface area contributed by atoms with Crippen LogP contribution in [0.1, 0.15) is 19.0 Å². The van der Waals surface area contributed by atoms with Crippen molar-refractivity contribution in [3.63, 3.8) is 0 Å². The summed E-state index contributed by atoms with van der Waals surface area (Å²) in [5.74, 6) is 0.241. The maximum atomic E-state index is 11.2. The average Bonchev–Trinajstić information content (AvgIpc) is 2.72. The van der Waals surface area contributed by atoms with E-state index in [1.165, 1.54) is 0 Å². The molecule has 2 rings (SSSR count). The second-order valence-corrected chi connectivity index (χ2v) is 4.89. The van der Waals surface area contributed by atoms with Crippen LogP contribution < -0.4 is 4.90 Å². The summed E-state index contributed by atoms with van der Waals surface area (Å²) in [6.07, 6.45) is 0.800. The number of rotatable bonds is 3. The number of nitrogens with zero attached hydrogens (tertiary/aromatic N) is 4. The van der Waals surface area contributed by atoms with Crippen LogP contribution in [0.2, 0.25) is 5.28 Å². The Kier molecular flexibility index (Phi) is 3.86. The summed E-state index contributed by atoms with van der Waals surface area (Å²) in [6.45, 7) is 4.13. The van der Waals surface area contributed by atoms with Crippen LogP contribution in [0.3, 0.4) is 0 Å². The fourth-order valence-electron chi connectivity index (χ4n) is 2.36. The molecule has 0 N–H and O–H groups in total. The number of hydrogen-bond donors (Lipinski definition) is 0. The lowest BCUT2D eigenvalue weighted by atomic mass is 10.1. The third-order valence-electron chi connectivity index (χ3n) is 3.36. The molecule has 0 amide bonds. The Hall–Kier alpha value is -1.47. The van der Waals surface area contributed by atoms with Crippen LogP contribution in [0.5, 0.6) is 0 Å². The molecule has 1 aliphatic rings. The number of aryl methyl sites for hydroxylation is 1. The van der Waals surface area contributed by atoms with Crippen LogP contribution in [0.25, 0.3) is 0 Å². The van der Waals surface area contributed by atoms with Crippen LogP contribution >= 0.6 is 11.6 Å². The third-order valence-corrected chi connectivity index (χ3v) is 3.53. The molecule has 0 spiro atoms. The maximum Gasteiger partial charge on any atom is 0.332 e. The summed E-state index contributed by atoms with van der Waals surface area (Å²) in [6, 6.07) is 0.0454. The quantitative estimate of drug-likeness (QED) is 0.480. The van der Waals surface area contributed by atoms with Gasteiger partial charge in [-0.3, -0.25) is 10.1 Å². The van der Waals surface area contributed by atoms with Crippen molar-refractivity contribution in [2.24, 2.45) is 0 Å². The van der Waals surface area contributed by atoms with Gasteiger partial charge in [0.2, 0.25) is 11.1 Å². The molecule has 0 aromatic carbocycles. The molecule has 1 aromatic heterocycles. The first-order valence-electron chi connectivity index (χ1n) is 5.94. The highest BCUT2D eigenvalue weighted by atomic mass is 35.5. The van der Waals surface area contributed by atoms with Crippen molar-refractivity contribution in [2.45, 2.75) is 32.4 Å². The maximum absolute atomic E-state index is 11.2. The van der Waals surface area contributed by atoms with Crippen LogP contribution in [0.15, 0.2) is 0 Å². The van der Waals surface area contributed by atoms with Gasteiger partial charge in [0.1, 0.15) is 5.69 Å². The van der Waals surface area contributed by atoms with Gasteiger partial charge in [-0.15, -0.1) is 0 Å². The number of aromatic nitrogens is 2. The first-order chi connectivity index (χ1) is 8.91. The van der Waals surface area contributed by atoms with E-state index in [-0.39, 0.29) is 34.6 Å². The Morgan fingerprint density at radius 3 is 2.74 bits per heavy atom. The number of anilines is 1. The van der Waals surface area contributed by atoms with Gasteiger partial charge in [-0.2, -0.15) is 4.98 Å². The number of ether oxygens (including phenoxy) is 1. The van der Waals surface area contributed by atoms with Crippen molar-refractivity contribution < 1.29 is 9.66 Å². The molecular formula is C11H15ClN4O3. The van der Waals surface area contributed by atoms with Crippen LogP contribution in [0.4, 0.5) is 11.5 Å². The predicted octanol–water partition coefficient (Wildman–Crippen LogP) is 1.96. The second kappa shape index (κ2) is 5.26. The van der Waals surface area contributed by atoms with Crippen molar-refractivity contribution in [2.75, 3.05) is 18.6 Å². The first-order valence-corrected chi connectivity index (χ1v) is 6.32. The van der Waals surface area contributed by atoms with Crippen molar-refractivity contribution >= 4 is 23.1 Å². The van der Waals surface area contributed by atoms with Gasteiger partial charge in [-0.25, -0.2) is 4.98 Å². The van der Waals surface area contributed by atoms with Crippen molar-refractivity contribution in [1.29, 1.82) is 0 Å². The van der Waals surface area contributed by atoms with E-state index in [1.807, 2.05) is 6.92 Å². The lowest BCUT2D eigenvalue weighted by molar-refractivity contribution is -0.385. The molecule has 0 saturated carbocycles. The number of likely N-dealkylation sites (N-methyl/N-ethyl adjacent to an activating group) is 1. The number of hydrogen-bond acceptors (Lipinski definition) is 6. The van der Waals surface area contributed by atoms with Gasteiger partial charge in [-0.05, 0) is 31.9 Å². The lowest BCUT2D eigenvalue weighted by Crippen LogP contribution is -2.37. The van der Waals surface area contributed by atoms with E-state index in [0.717, 1.165) is 6.42 Å². The Bertz CT molecular complexity index is 511. The minimum absolute atomic E-state index is 0.00125. The molecule has 0 aliphatic carbocycles. The van der Waals surface area contributed by atoms with E-state index < -0.39 is 4.92 Å². The van der Waals surface area contributed by atoms with Gasteiger partial charge in [0.05, 0.1) is 17.1 Å². The zero-order valence-electron chi connectivity index (χ0n) is 11.0. The molecule has 1 aliphatic heterocycles. The van der Waals surface area contributed by atoms with Gasteiger partial charge in [0.15, 0.2) is 0 Å². The predicted molar refractivity (Wildman–Crippen MR) is 70.7 cm³/mol. The van der Waals surface area contributed by atoms with E-state index in [9.17, 15) is 10.1 Å². The summed E-state index contributed by atoms with van der Waals surface area (Å²) in [4.78, 5) is 20.3. The number of halogens is 1. The van der Waals surface area contributed by atoms with Crippen molar-refractivity contribution in [1.82, 2.24) is 9.97 Å². The Morgan fingerprint density at radius 1 is 1.53 bits per heavy atom. The van der Waals surface area contributed by atoms with E-state index >= 15 is 0 Å². The monoisotopic (exact) mass is 286 g/mol. The van der Waals surface area contributed by atoms with E-state index in [4.69, 9.17) is 16.3 Å². The molecule has 19 heavy (non-hydrogen) atoms. The number of nitro groups is 1. The van der Waals surface area contributed by atoms with E-state index in [2.05, 4.69) is 9.97 Å². The molecule has 2 atom stereocenters. The SMILES string of the molecule is Cc1nc(Cl)nc(N(C)C2CCOC2C)c1[N+](=O)[O-]. The van der Waals surface area contributed by atoms with E-state index in [1.54, 1.807) is 18.9 Å². The Balaban J connectivity index is 2.45. The molecular weight excluding hydrogens is 272 g/mol. The van der Waals surface area contributed by atoms with Crippen LogP contribution in [-0.4, -0.2) is 40.7 Å². The standard InChI is InChI=1S/C11H15ClN4O3/c1-6-9(16(17)18)10(14-11(12)13-6)15(3)8-4-5-19-7(8)2/h7-8H,4-5H2,1-3H3. The first kappa shape index (κ1) is 14.0. The van der Waals surface area contributed by atoms with Crippen molar-refractivity contribution in [3.05, 3.63) is 21.1 Å². The van der Waals surface area contributed by atoms with Gasteiger partial charge in [0, 0.05) is 13.7 Å². The largest absolute Gasteiger partial charge is 0.376 e. The third kappa shape index (κ3) is 2.62. The highest BCUT2D eigenvalue weighted by molar-refractivity contribution is 6.28. The fourth-order valence-corrected chi connectivity index (χ4v) is 2.57. The molecule has 1 aromatic rings. The van der Waals surface area contributed by atoms with E-state index in [0.29, 0.717) is 6.61 Å². The lowest BCUT2D eigenvalue weighted by Gasteiger charge is -2.27. The molecule has 1 fully saturated rings. The molecule has 8 heteroatoms. The van der Waals surface area contributed by atoms with Crippen LogP contribution in [-0.2, 0) is 4.74 Å². The molecule has 0 radical (unpaired) electrons. The minimum atomic E-state index is -0.474. The summed E-state index contributed by atoms with van der Waals surface area (Å²) in [7, 11) is 1.76. The smallest absolute Gasteiger partial charge is 0.332 e. The molecule has 0 bridgehead atoms. The normalized spacial score (nSPS) is 22.5. The minimum Gasteiger partial charge on any atom is -0.376 e. The molecule has 2 heterocycles. The summed E-state index contributed by atoms with van der Waals surface area (Å²) in [5, 5.41) is 11.2. The topological polar surface area (TPSA) is 81.4 Å². The zero-order chi connectivity index (χ0) is 14.2. The second-order valence-electron chi connectivity index (χ2n) is 4.55. The summed E-state index contributed by atoms with van der Waals surface area (Å²) >= 11 is 5.81. The molecule has 2 unspecified atom stereocenters. The summed E-state index contributed by atoms with van der Waals surface area (Å²) < 4.78 is 5.48. The molecule has 7 nitrogen and oxygen atoms in total.